The molecule has 1 aromatic heterocycles. The molecule has 2 amide bonds. The van der Waals surface area contributed by atoms with Gasteiger partial charge in [-0.1, -0.05) is 6.07 Å². The van der Waals surface area contributed by atoms with E-state index in [0.717, 1.165) is 6.42 Å². The summed E-state index contributed by atoms with van der Waals surface area (Å²) in [5.41, 5.74) is 0.308. The molecule has 1 aromatic carbocycles. The number of nitrogens with one attached hydrogen (secondary N) is 3. The van der Waals surface area contributed by atoms with Crippen LogP contribution in [0.2, 0.25) is 0 Å². The molecular formula is C20H24N4O5S2. The van der Waals surface area contributed by atoms with Gasteiger partial charge in [-0.3, -0.25) is 19.3 Å². The minimum absolute atomic E-state index is 0.0141. The Hall–Kier alpha value is -2.79. The maximum absolute atomic E-state index is 12.8. The summed E-state index contributed by atoms with van der Waals surface area (Å²) < 4.78 is 32.8. The molecule has 2 heterocycles. The summed E-state index contributed by atoms with van der Waals surface area (Å²) >= 11 is 1.55. The largest absolute Gasteiger partial charge is 0.459 e. The van der Waals surface area contributed by atoms with E-state index >= 15 is 0 Å². The van der Waals surface area contributed by atoms with E-state index < -0.39 is 27.9 Å². The summed E-state index contributed by atoms with van der Waals surface area (Å²) in [6.45, 7) is 0.606. The van der Waals surface area contributed by atoms with Gasteiger partial charge in [0.25, 0.3) is 15.9 Å². The van der Waals surface area contributed by atoms with Crippen molar-refractivity contribution in [1.82, 2.24) is 10.0 Å². The molecule has 1 aliphatic heterocycles. The molecule has 31 heavy (non-hydrogen) atoms. The maximum atomic E-state index is 12.8. The number of amidine groups is 1. The molecule has 2 aromatic rings. The molecule has 166 valence electrons. The molecule has 3 rings (SSSR count). The molecule has 0 aliphatic carbocycles. The molecule has 0 unspecified atom stereocenters. The highest BCUT2D eigenvalue weighted by atomic mass is 32.2. The number of anilines is 1. The second-order valence-corrected chi connectivity index (χ2v) is 9.51. The summed E-state index contributed by atoms with van der Waals surface area (Å²) in [7, 11) is -3.80. The van der Waals surface area contributed by atoms with E-state index in [2.05, 4.69) is 20.3 Å². The molecule has 9 nitrogen and oxygen atoms in total. The van der Waals surface area contributed by atoms with Gasteiger partial charge >= 0.3 is 0 Å². The van der Waals surface area contributed by atoms with Crippen molar-refractivity contribution in [3.63, 3.8) is 0 Å². The first-order chi connectivity index (χ1) is 14.9. The van der Waals surface area contributed by atoms with Crippen LogP contribution in [-0.2, 0) is 14.8 Å². The fourth-order valence-corrected chi connectivity index (χ4v) is 4.55. The lowest BCUT2D eigenvalue weighted by Crippen LogP contribution is -2.44. The molecule has 1 atom stereocenters. The highest BCUT2D eigenvalue weighted by Crippen LogP contribution is 2.17. The van der Waals surface area contributed by atoms with Gasteiger partial charge in [-0.25, -0.2) is 8.42 Å². The molecule has 0 fully saturated rings. The molecule has 0 bridgehead atoms. The maximum Gasteiger partial charge on any atom is 0.287 e. The Balaban J connectivity index is 1.70. The number of thioether (sulfide) groups is 1. The number of furan rings is 1. The van der Waals surface area contributed by atoms with Crippen LogP contribution in [0.15, 0.2) is 57.0 Å². The zero-order valence-corrected chi connectivity index (χ0v) is 18.6. The molecule has 0 saturated carbocycles. The van der Waals surface area contributed by atoms with E-state index in [9.17, 15) is 18.0 Å². The molecule has 11 heteroatoms. The van der Waals surface area contributed by atoms with Crippen molar-refractivity contribution in [3.05, 3.63) is 48.4 Å². The SMILES string of the molecule is CSCC[C@@H](NC(=O)c1ccco1)C(=O)Nc1cccc(S(=O)(=O)NC2=NCCC2)c1. The Bertz CT molecular complexity index is 1050. The van der Waals surface area contributed by atoms with Crippen LogP contribution in [-0.4, -0.2) is 50.7 Å². The monoisotopic (exact) mass is 464 g/mol. The van der Waals surface area contributed by atoms with Crippen molar-refractivity contribution < 1.29 is 22.4 Å². The average Bonchev–Trinajstić information content (AvgIpc) is 3.45. The van der Waals surface area contributed by atoms with Gasteiger partial charge in [0.15, 0.2) is 5.76 Å². The van der Waals surface area contributed by atoms with Crippen LogP contribution in [0.1, 0.15) is 29.8 Å². The minimum atomic E-state index is -3.80. The van der Waals surface area contributed by atoms with E-state index in [1.165, 1.54) is 24.5 Å². The number of carbonyl (C=O) groups excluding carboxylic acids is 2. The van der Waals surface area contributed by atoms with Gasteiger partial charge in [-0.2, -0.15) is 11.8 Å². The molecule has 1 aliphatic rings. The molecule has 3 N–H and O–H groups in total. The van der Waals surface area contributed by atoms with Crippen LogP contribution in [0.25, 0.3) is 0 Å². The Kier molecular flexibility index (Phi) is 7.75. The second kappa shape index (κ2) is 10.5. The third-order valence-electron chi connectivity index (χ3n) is 4.52. The summed E-state index contributed by atoms with van der Waals surface area (Å²) in [6, 6.07) is 8.23. The Morgan fingerprint density at radius 1 is 1.26 bits per heavy atom. The van der Waals surface area contributed by atoms with Crippen molar-refractivity contribution >= 4 is 45.1 Å². The van der Waals surface area contributed by atoms with Crippen LogP contribution < -0.4 is 15.4 Å². The van der Waals surface area contributed by atoms with Gasteiger partial charge in [-0.05, 0) is 55.2 Å². The number of aliphatic imine (C=N–C) groups is 1. The zero-order chi connectivity index (χ0) is 22.3. The lowest BCUT2D eigenvalue weighted by molar-refractivity contribution is -0.118. The summed E-state index contributed by atoms with van der Waals surface area (Å²) in [5.74, 6) is 0.251. The van der Waals surface area contributed by atoms with Crippen LogP contribution in [0.3, 0.4) is 0 Å². The Labute approximate surface area is 185 Å². The fourth-order valence-electron chi connectivity index (χ4n) is 2.95. The number of sulfonamides is 1. The molecule has 0 saturated heterocycles. The lowest BCUT2D eigenvalue weighted by Gasteiger charge is -2.18. The van der Waals surface area contributed by atoms with Crippen molar-refractivity contribution in [1.29, 1.82) is 0 Å². The first-order valence-electron chi connectivity index (χ1n) is 9.69. The number of nitrogens with zero attached hydrogens (tertiary/aromatic N) is 1. The third-order valence-corrected chi connectivity index (χ3v) is 6.54. The standard InChI is InChI=1S/C20H24N4O5S2/c1-30-12-9-16(23-20(26)17-7-4-11-29-17)19(25)22-14-5-2-6-15(13-14)31(27,28)24-18-8-3-10-21-18/h2,4-7,11,13,16H,3,8-10,12H2,1H3,(H,21,24)(H,22,25)(H,23,26)/t16-/m1/s1. The van der Waals surface area contributed by atoms with E-state index in [0.29, 0.717) is 36.7 Å². The number of benzene rings is 1. The number of hydrogen-bond donors (Lipinski definition) is 3. The summed E-state index contributed by atoms with van der Waals surface area (Å²) in [5, 5.41) is 5.35. The lowest BCUT2D eigenvalue weighted by atomic mass is 10.2. The fraction of sp³-hybridized carbons (Fsp3) is 0.350. The van der Waals surface area contributed by atoms with Crippen LogP contribution >= 0.6 is 11.8 Å². The van der Waals surface area contributed by atoms with Crippen molar-refractivity contribution in [2.75, 3.05) is 23.9 Å². The van der Waals surface area contributed by atoms with E-state index in [-0.39, 0.29) is 10.7 Å². The highest BCUT2D eigenvalue weighted by Gasteiger charge is 2.23. The van der Waals surface area contributed by atoms with Crippen molar-refractivity contribution in [2.24, 2.45) is 4.99 Å². The van der Waals surface area contributed by atoms with Crippen molar-refractivity contribution in [3.8, 4) is 0 Å². The smallest absolute Gasteiger partial charge is 0.287 e. The number of carbonyl (C=O) groups is 2. The molecular weight excluding hydrogens is 440 g/mol. The first-order valence-corrected chi connectivity index (χ1v) is 12.6. The van der Waals surface area contributed by atoms with Gasteiger partial charge in [0.2, 0.25) is 5.91 Å². The highest BCUT2D eigenvalue weighted by molar-refractivity contribution is 7.98. The van der Waals surface area contributed by atoms with Crippen molar-refractivity contribution in [2.45, 2.75) is 30.2 Å². The normalized spacial score (nSPS) is 14.5. The Morgan fingerprint density at radius 3 is 2.77 bits per heavy atom. The van der Waals surface area contributed by atoms with E-state index in [1.807, 2.05) is 6.26 Å². The Morgan fingerprint density at radius 2 is 2.10 bits per heavy atom. The third kappa shape index (κ3) is 6.34. The number of hydrogen-bond acceptors (Lipinski definition) is 7. The summed E-state index contributed by atoms with van der Waals surface area (Å²) in [4.78, 5) is 29.2. The van der Waals surface area contributed by atoms with Crippen LogP contribution in [0.4, 0.5) is 5.69 Å². The predicted octanol–water partition coefficient (Wildman–Crippen LogP) is 2.24. The van der Waals surface area contributed by atoms with Crippen LogP contribution in [0.5, 0.6) is 0 Å². The van der Waals surface area contributed by atoms with Gasteiger partial charge < -0.3 is 15.1 Å². The van der Waals surface area contributed by atoms with Gasteiger partial charge in [0.1, 0.15) is 11.9 Å². The number of amides is 2. The molecule has 0 radical (unpaired) electrons. The number of rotatable bonds is 9. The quantitative estimate of drug-likeness (QED) is 0.522. The van der Waals surface area contributed by atoms with Gasteiger partial charge in [0.05, 0.1) is 11.2 Å². The summed E-state index contributed by atoms with van der Waals surface area (Å²) in [6.07, 6.45) is 5.08. The minimum Gasteiger partial charge on any atom is -0.459 e. The van der Waals surface area contributed by atoms with Gasteiger partial charge in [0, 0.05) is 18.7 Å². The van der Waals surface area contributed by atoms with Crippen LogP contribution in [0, 0.1) is 0 Å². The predicted molar refractivity (Wildman–Crippen MR) is 120 cm³/mol. The van der Waals surface area contributed by atoms with Gasteiger partial charge in [-0.15, -0.1) is 0 Å². The second-order valence-electron chi connectivity index (χ2n) is 6.84. The average molecular weight is 465 g/mol. The topological polar surface area (TPSA) is 130 Å². The van der Waals surface area contributed by atoms with E-state index in [4.69, 9.17) is 4.42 Å². The van der Waals surface area contributed by atoms with E-state index in [1.54, 1.807) is 30.0 Å². The molecule has 0 spiro atoms. The zero-order valence-electron chi connectivity index (χ0n) is 17.0. The first kappa shape index (κ1) is 22.9.